The molecular weight excluding hydrogens is 426 g/mol. The van der Waals surface area contributed by atoms with Gasteiger partial charge in [0.05, 0.1) is 18.8 Å². The van der Waals surface area contributed by atoms with Crippen LogP contribution in [0.25, 0.3) is 11.0 Å². The zero-order valence-electron chi connectivity index (χ0n) is 16.1. The Bertz CT molecular complexity index is 1400. The summed E-state index contributed by atoms with van der Waals surface area (Å²) < 4.78 is 12.1. The maximum atomic E-state index is 12.9. The highest BCUT2D eigenvalue weighted by atomic mass is 35.5. The first-order valence-corrected chi connectivity index (χ1v) is 10.1. The van der Waals surface area contributed by atoms with E-state index in [0.29, 0.717) is 26.6 Å². The number of ether oxygens (including phenoxy) is 2. The van der Waals surface area contributed by atoms with Crippen molar-refractivity contribution in [1.82, 2.24) is 14.6 Å². The van der Waals surface area contributed by atoms with Crippen molar-refractivity contribution in [2.75, 3.05) is 14.2 Å². The smallest absolute Gasteiger partial charge is 0.296 e. The van der Waals surface area contributed by atoms with Crippen molar-refractivity contribution in [2.24, 2.45) is 0 Å². The zero-order chi connectivity index (χ0) is 21.3. The average molecular weight is 442 g/mol. The fraction of sp³-hybridized carbons (Fsp3) is 0.143. The van der Waals surface area contributed by atoms with Gasteiger partial charge in [0.15, 0.2) is 0 Å². The van der Waals surface area contributed by atoms with Crippen LogP contribution >= 0.6 is 22.9 Å². The summed E-state index contributed by atoms with van der Waals surface area (Å²) in [5.41, 5.74) is 0.935. The van der Waals surface area contributed by atoms with Crippen LogP contribution in [0.2, 0.25) is 5.02 Å². The lowest BCUT2D eigenvalue weighted by atomic mass is 10.1. The fourth-order valence-corrected chi connectivity index (χ4v) is 3.95. The number of methoxy groups -OCH3 is 2. The lowest BCUT2D eigenvalue weighted by molar-refractivity contribution is 0.393. The van der Waals surface area contributed by atoms with E-state index in [-0.39, 0.29) is 22.6 Å². The van der Waals surface area contributed by atoms with Gasteiger partial charge in [0.25, 0.3) is 11.1 Å². The molecule has 7 nitrogen and oxygen atoms in total. The van der Waals surface area contributed by atoms with Crippen LogP contribution in [-0.4, -0.2) is 28.8 Å². The predicted octanol–water partition coefficient (Wildman–Crippen LogP) is 2.32. The van der Waals surface area contributed by atoms with Crippen molar-refractivity contribution in [3.05, 3.63) is 89.5 Å². The van der Waals surface area contributed by atoms with Gasteiger partial charge in [0.1, 0.15) is 17.2 Å². The Morgan fingerprint density at radius 3 is 2.57 bits per heavy atom. The van der Waals surface area contributed by atoms with E-state index in [0.717, 1.165) is 16.9 Å². The summed E-state index contributed by atoms with van der Waals surface area (Å²) in [6, 6.07) is 12.4. The molecule has 0 aliphatic rings. The van der Waals surface area contributed by atoms with Gasteiger partial charge in [-0.1, -0.05) is 35.1 Å². The second-order valence-electron chi connectivity index (χ2n) is 6.38. The van der Waals surface area contributed by atoms with E-state index < -0.39 is 5.56 Å². The van der Waals surface area contributed by atoms with Gasteiger partial charge in [-0.3, -0.25) is 9.59 Å². The van der Waals surface area contributed by atoms with Crippen molar-refractivity contribution < 1.29 is 9.47 Å². The number of nitrogens with zero attached hydrogens (tertiary/aromatic N) is 3. The number of thiazole rings is 1. The summed E-state index contributed by atoms with van der Waals surface area (Å²) in [7, 11) is 3.11. The number of hydrogen-bond donors (Lipinski definition) is 0. The molecule has 4 rings (SSSR count). The van der Waals surface area contributed by atoms with Crippen molar-refractivity contribution >= 4 is 34.0 Å². The van der Waals surface area contributed by atoms with E-state index in [1.807, 2.05) is 0 Å². The Balaban J connectivity index is 1.79. The molecule has 0 unspecified atom stereocenters. The Hall–Kier alpha value is -3.23. The van der Waals surface area contributed by atoms with Crippen molar-refractivity contribution in [2.45, 2.75) is 6.42 Å². The number of rotatable bonds is 5. The van der Waals surface area contributed by atoms with Crippen LogP contribution in [-0.2, 0) is 6.42 Å². The highest BCUT2D eigenvalue weighted by Crippen LogP contribution is 2.25. The molecule has 0 fully saturated rings. The largest absolute Gasteiger partial charge is 0.497 e. The molecule has 0 bridgehead atoms. The summed E-state index contributed by atoms with van der Waals surface area (Å²) in [5.74, 6) is 1.20. The van der Waals surface area contributed by atoms with E-state index in [4.69, 9.17) is 21.1 Å². The van der Waals surface area contributed by atoms with Crippen molar-refractivity contribution in [3.8, 4) is 11.5 Å². The third-order valence-corrected chi connectivity index (χ3v) is 5.67. The average Bonchev–Trinajstić information content (AvgIpc) is 3.04. The van der Waals surface area contributed by atoms with E-state index in [2.05, 4.69) is 10.1 Å². The molecule has 0 atom stereocenters. The molecule has 4 aromatic rings. The Labute approximate surface area is 179 Å². The molecular formula is C21H16ClN3O4S. The molecule has 0 saturated carbocycles. The minimum absolute atomic E-state index is 0.193. The number of benzene rings is 2. The molecule has 0 aliphatic carbocycles. The molecule has 9 heteroatoms. The van der Waals surface area contributed by atoms with Crippen LogP contribution in [0, 0.1) is 0 Å². The Morgan fingerprint density at radius 1 is 1.10 bits per heavy atom. The van der Waals surface area contributed by atoms with Crippen LogP contribution in [0.1, 0.15) is 16.8 Å². The Morgan fingerprint density at radius 2 is 1.87 bits per heavy atom. The summed E-state index contributed by atoms with van der Waals surface area (Å²) >= 11 is 7.00. The molecule has 0 spiro atoms. The van der Waals surface area contributed by atoms with Gasteiger partial charge in [0, 0.05) is 23.1 Å². The molecule has 2 aromatic heterocycles. The number of fused-ring (bicyclic) bond motifs is 1. The molecule has 30 heavy (non-hydrogen) atoms. The maximum absolute atomic E-state index is 12.9. The second kappa shape index (κ2) is 8.25. The van der Waals surface area contributed by atoms with Crippen LogP contribution < -0.4 is 25.1 Å². The third kappa shape index (κ3) is 3.92. The van der Waals surface area contributed by atoms with Gasteiger partial charge in [0.2, 0.25) is 4.96 Å². The highest BCUT2D eigenvalue weighted by Gasteiger charge is 2.12. The lowest BCUT2D eigenvalue weighted by Gasteiger charge is -2.06. The van der Waals surface area contributed by atoms with Crippen molar-refractivity contribution in [3.63, 3.8) is 0 Å². The van der Waals surface area contributed by atoms with Crippen LogP contribution in [0.5, 0.6) is 11.5 Å². The van der Waals surface area contributed by atoms with Crippen molar-refractivity contribution in [1.29, 1.82) is 0 Å². The predicted molar refractivity (Wildman–Crippen MR) is 116 cm³/mol. The summed E-state index contributed by atoms with van der Waals surface area (Å²) in [6.07, 6.45) is 1.94. The topological polar surface area (TPSA) is 82.8 Å². The van der Waals surface area contributed by atoms with E-state index in [1.165, 1.54) is 4.52 Å². The first kappa shape index (κ1) is 20.1. The quantitative estimate of drug-likeness (QED) is 0.472. The SMILES string of the molecule is COc1ccc(C=c2sc3nc(=O)c(Cc4ccc(Cl)cc4)nn3c2=O)c(OC)c1. The van der Waals surface area contributed by atoms with Gasteiger partial charge in [-0.05, 0) is 35.9 Å². The van der Waals surface area contributed by atoms with Gasteiger partial charge in [-0.15, -0.1) is 0 Å². The van der Waals surface area contributed by atoms with Gasteiger partial charge >= 0.3 is 0 Å². The lowest BCUT2D eigenvalue weighted by Crippen LogP contribution is -2.28. The molecule has 0 N–H and O–H groups in total. The molecule has 0 radical (unpaired) electrons. The van der Waals surface area contributed by atoms with E-state index >= 15 is 0 Å². The first-order valence-electron chi connectivity index (χ1n) is 8.89. The summed E-state index contributed by atoms with van der Waals surface area (Å²) in [4.78, 5) is 29.6. The standard InChI is InChI=1S/C21H16ClN3O4S/c1-28-15-8-5-13(17(11-15)29-2)10-18-20(27)25-21(30-18)23-19(26)16(24-25)9-12-3-6-14(22)7-4-12/h3-8,10-11H,9H2,1-2H3. The molecule has 0 saturated heterocycles. The molecule has 0 aliphatic heterocycles. The fourth-order valence-electron chi connectivity index (χ4n) is 2.93. The highest BCUT2D eigenvalue weighted by molar-refractivity contribution is 7.15. The maximum Gasteiger partial charge on any atom is 0.296 e. The zero-order valence-corrected chi connectivity index (χ0v) is 17.7. The third-order valence-electron chi connectivity index (χ3n) is 4.46. The first-order chi connectivity index (χ1) is 14.5. The normalized spacial score (nSPS) is 11.8. The molecule has 152 valence electrons. The number of hydrogen-bond acceptors (Lipinski definition) is 7. The van der Waals surface area contributed by atoms with Crippen LogP contribution in [0.3, 0.4) is 0 Å². The van der Waals surface area contributed by atoms with Gasteiger partial charge in [-0.2, -0.15) is 14.6 Å². The van der Waals surface area contributed by atoms with E-state index in [1.54, 1.807) is 62.8 Å². The van der Waals surface area contributed by atoms with E-state index in [9.17, 15) is 9.59 Å². The molecule has 2 heterocycles. The monoisotopic (exact) mass is 441 g/mol. The number of aromatic nitrogens is 3. The molecule has 2 aromatic carbocycles. The minimum atomic E-state index is -0.459. The van der Waals surface area contributed by atoms with Gasteiger partial charge < -0.3 is 9.47 Å². The second-order valence-corrected chi connectivity index (χ2v) is 7.83. The van der Waals surface area contributed by atoms with Crippen LogP contribution in [0.4, 0.5) is 0 Å². The summed E-state index contributed by atoms with van der Waals surface area (Å²) in [6.45, 7) is 0. The molecule has 0 amide bonds. The van der Waals surface area contributed by atoms with Crippen LogP contribution in [0.15, 0.2) is 52.1 Å². The Kier molecular flexibility index (Phi) is 5.52. The minimum Gasteiger partial charge on any atom is -0.497 e. The van der Waals surface area contributed by atoms with Gasteiger partial charge in [-0.25, -0.2) is 0 Å². The number of halogens is 1. The summed E-state index contributed by atoms with van der Waals surface area (Å²) in [5, 5.41) is 4.86.